The molecular formula is C15H23BO2S. The summed E-state index contributed by atoms with van der Waals surface area (Å²) in [6.07, 6.45) is 3.19. The Morgan fingerprint density at radius 1 is 1.05 bits per heavy atom. The van der Waals surface area contributed by atoms with Gasteiger partial charge in [-0.15, -0.1) is 0 Å². The molecule has 1 aliphatic heterocycles. The maximum atomic E-state index is 6.14. The van der Waals surface area contributed by atoms with E-state index >= 15 is 0 Å². The summed E-state index contributed by atoms with van der Waals surface area (Å²) in [6.45, 7) is 8.38. The second-order valence-corrected chi connectivity index (χ2v) is 7.02. The van der Waals surface area contributed by atoms with E-state index in [1.165, 1.54) is 11.0 Å². The van der Waals surface area contributed by atoms with Crippen molar-refractivity contribution in [3.63, 3.8) is 0 Å². The zero-order valence-corrected chi connectivity index (χ0v) is 13.3. The van der Waals surface area contributed by atoms with Crippen LogP contribution in [-0.4, -0.2) is 30.3 Å². The lowest BCUT2D eigenvalue weighted by atomic mass is 9.75. The second kappa shape index (κ2) is 5.51. The summed E-state index contributed by atoms with van der Waals surface area (Å²) >= 11 is 1.87. The zero-order chi connectivity index (χ0) is 14.1. The van der Waals surface area contributed by atoms with Gasteiger partial charge >= 0.3 is 7.12 Å². The molecule has 0 spiro atoms. The lowest BCUT2D eigenvalue weighted by molar-refractivity contribution is 0.00578. The summed E-state index contributed by atoms with van der Waals surface area (Å²) in [5, 5.41) is 0. The van der Waals surface area contributed by atoms with Gasteiger partial charge in [0.25, 0.3) is 0 Å². The van der Waals surface area contributed by atoms with Crippen molar-refractivity contribution in [1.82, 2.24) is 0 Å². The Bertz CT molecular complexity index is 430. The van der Waals surface area contributed by atoms with Crippen LogP contribution in [0.5, 0.6) is 0 Å². The minimum atomic E-state index is -0.274. The number of thioether (sulfide) groups is 1. The molecule has 2 nitrogen and oxygen atoms in total. The minimum Gasteiger partial charge on any atom is -0.399 e. The van der Waals surface area contributed by atoms with E-state index in [0.717, 1.165) is 12.2 Å². The van der Waals surface area contributed by atoms with E-state index in [0.29, 0.717) is 0 Å². The molecule has 1 aliphatic rings. The second-order valence-electron chi connectivity index (χ2n) is 6.03. The Labute approximate surface area is 121 Å². The van der Waals surface area contributed by atoms with E-state index in [1.807, 2.05) is 11.8 Å². The molecule has 2 rings (SSSR count). The fourth-order valence-corrected chi connectivity index (χ4v) is 2.60. The van der Waals surface area contributed by atoms with Crippen LogP contribution in [0.2, 0.25) is 0 Å². The molecule has 104 valence electrons. The van der Waals surface area contributed by atoms with Crippen LogP contribution in [0.15, 0.2) is 24.3 Å². The molecule has 0 aliphatic carbocycles. The Hall–Kier alpha value is -0.445. The van der Waals surface area contributed by atoms with E-state index in [2.05, 4.69) is 58.2 Å². The topological polar surface area (TPSA) is 18.5 Å². The molecule has 1 fully saturated rings. The first-order chi connectivity index (χ1) is 8.87. The zero-order valence-electron chi connectivity index (χ0n) is 12.5. The molecule has 0 atom stereocenters. The van der Waals surface area contributed by atoms with Crippen molar-refractivity contribution in [2.24, 2.45) is 0 Å². The number of aryl methyl sites for hydroxylation is 1. The fraction of sp³-hybridized carbons (Fsp3) is 0.600. The highest BCUT2D eigenvalue weighted by molar-refractivity contribution is 7.98. The first-order valence-corrected chi connectivity index (χ1v) is 8.19. The standard InChI is InChI=1S/C15H23BO2S/c1-14(2)15(3,4)18-16(17-14)13-9-7-6-8-12(13)10-11-19-5/h6-9H,10-11H2,1-5H3. The average molecular weight is 278 g/mol. The van der Waals surface area contributed by atoms with Crippen LogP contribution < -0.4 is 5.46 Å². The Balaban J connectivity index is 2.24. The summed E-state index contributed by atoms with van der Waals surface area (Å²) in [5.41, 5.74) is 1.96. The number of benzene rings is 1. The third kappa shape index (κ3) is 3.01. The Morgan fingerprint density at radius 2 is 1.63 bits per heavy atom. The molecule has 1 aromatic carbocycles. The average Bonchev–Trinajstić information content (AvgIpc) is 2.56. The van der Waals surface area contributed by atoms with Crippen LogP contribution in [0.25, 0.3) is 0 Å². The van der Waals surface area contributed by atoms with Gasteiger partial charge in [-0.3, -0.25) is 0 Å². The van der Waals surface area contributed by atoms with Gasteiger partial charge in [-0.25, -0.2) is 0 Å². The van der Waals surface area contributed by atoms with Crippen LogP contribution in [0.3, 0.4) is 0 Å². The molecule has 0 N–H and O–H groups in total. The monoisotopic (exact) mass is 278 g/mol. The van der Waals surface area contributed by atoms with Gasteiger partial charge < -0.3 is 9.31 Å². The molecular weight excluding hydrogens is 255 g/mol. The van der Waals surface area contributed by atoms with Crippen molar-refractivity contribution in [3.8, 4) is 0 Å². The normalized spacial score (nSPS) is 20.8. The number of hydrogen-bond acceptors (Lipinski definition) is 3. The fourth-order valence-electron chi connectivity index (χ4n) is 2.17. The van der Waals surface area contributed by atoms with E-state index in [1.54, 1.807) is 0 Å². The van der Waals surface area contributed by atoms with Gasteiger partial charge in [0, 0.05) is 0 Å². The summed E-state index contributed by atoms with van der Waals surface area (Å²) in [6, 6.07) is 8.45. The van der Waals surface area contributed by atoms with Crippen molar-refractivity contribution in [3.05, 3.63) is 29.8 Å². The third-order valence-electron chi connectivity index (χ3n) is 4.14. The van der Waals surface area contributed by atoms with Gasteiger partial charge in [-0.2, -0.15) is 11.8 Å². The van der Waals surface area contributed by atoms with Crippen molar-refractivity contribution in [2.45, 2.75) is 45.3 Å². The van der Waals surface area contributed by atoms with E-state index in [9.17, 15) is 0 Å². The van der Waals surface area contributed by atoms with Crippen molar-refractivity contribution in [1.29, 1.82) is 0 Å². The van der Waals surface area contributed by atoms with Crippen molar-refractivity contribution in [2.75, 3.05) is 12.0 Å². The van der Waals surface area contributed by atoms with Gasteiger partial charge in [0.1, 0.15) is 0 Å². The molecule has 0 radical (unpaired) electrons. The first kappa shape index (κ1) is 15.0. The van der Waals surface area contributed by atoms with Crippen LogP contribution in [-0.2, 0) is 15.7 Å². The Morgan fingerprint density at radius 3 is 2.21 bits per heavy atom. The lowest BCUT2D eigenvalue weighted by Gasteiger charge is -2.32. The van der Waals surface area contributed by atoms with E-state index < -0.39 is 0 Å². The highest BCUT2D eigenvalue weighted by Gasteiger charge is 2.52. The molecule has 0 unspecified atom stereocenters. The molecule has 0 bridgehead atoms. The van der Waals surface area contributed by atoms with Gasteiger partial charge in [0.15, 0.2) is 0 Å². The van der Waals surface area contributed by atoms with E-state index in [4.69, 9.17) is 9.31 Å². The first-order valence-electron chi connectivity index (χ1n) is 6.80. The smallest absolute Gasteiger partial charge is 0.399 e. The van der Waals surface area contributed by atoms with Gasteiger partial charge in [-0.05, 0) is 57.2 Å². The van der Waals surface area contributed by atoms with Gasteiger partial charge in [0.2, 0.25) is 0 Å². The maximum Gasteiger partial charge on any atom is 0.495 e. The number of hydrogen-bond donors (Lipinski definition) is 0. The maximum absolute atomic E-state index is 6.14. The Kier molecular flexibility index (Phi) is 4.33. The summed E-state index contributed by atoms with van der Waals surface area (Å²) < 4.78 is 12.3. The van der Waals surface area contributed by atoms with Crippen LogP contribution >= 0.6 is 11.8 Å². The van der Waals surface area contributed by atoms with Crippen LogP contribution in [0, 0.1) is 0 Å². The predicted molar refractivity (Wildman–Crippen MR) is 84.2 cm³/mol. The minimum absolute atomic E-state index is 0.247. The van der Waals surface area contributed by atoms with Crippen molar-refractivity contribution >= 4 is 24.3 Å². The highest BCUT2D eigenvalue weighted by atomic mass is 32.2. The molecule has 1 aromatic rings. The molecule has 1 saturated heterocycles. The molecule has 19 heavy (non-hydrogen) atoms. The number of rotatable bonds is 4. The summed E-state index contributed by atoms with van der Waals surface area (Å²) in [4.78, 5) is 0. The quantitative estimate of drug-likeness (QED) is 0.789. The lowest BCUT2D eigenvalue weighted by Crippen LogP contribution is -2.41. The predicted octanol–water partition coefficient (Wildman–Crippen LogP) is 2.89. The largest absolute Gasteiger partial charge is 0.495 e. The molecule has 0 aromatic heterocycles. The van der Waals surface area contributed by atoms with Crippen LogP contribution in [0.1, 0.15) is 33.3 Å². The van der Waals surface area contributed by atoms with Gasteiger partial charge in [0.05, 0.1) is 11.2 Å². The highest BCUT2D eigenvalue weighted by Crippen LogP contribution is 2.36. The molecule has 0 saturated carbocycles. The van der Waals surface area contributed by atoms with E-state index in [-0.39, 0.29) is 18.3 Å². The summed E-state index contributed by atoms with van der Waals surface area (Å²) in [5.74, 6) is 1.12. The molecule has 1 heterocycles. The van der Waals surface area contributed by atoms with Crippen LogP contribution in [0.4, 0.5) is 0 Å². The van der Waals surface area contributed by atoms with Crippen molar-refractivity contribution < 1.29 is 9.31 Å². The molecule has 0 amide bonds. The van der Waals surface area contributed by atoms with Gasteiger partial charge in [-0.1, -0.05) is 24.3 Å². The summed E-state index contributed by atoms with van der Waals surface area (Å²) in [7, 11) is -0.247. The SMILES string of the molecule is CSCCc1ccccc1B1OC(C)(C)C(C)(C)O1. The molecule has 4 heteroatoms. The third-order valence-corrected chi connectivity index (χ3v) is 4.75.